The van der Waals surface area contributed by atoms with Gasteiger partial charge in [0.1, 0.15) is 11.6 Å². The van der Waals surface area contributed by atoms with Crippen LogP contribution in [0.15, 0.2) is 24.5 Å². The number of imidazole rings is 2. The summed E-state index contributed by atoms with van der Waals surface area (Å²) in [5, 5.41) is 0. The first-order chi connectivity index (χ1) is 11.2. The molecule has 0 amide bonds. The summed E-state index contributed by atoms with van der Waals surface area (Å²) >= 11 is 0. The fourth-order valence-electron chi connectivity index (χ4n) is 3.39. The molecular weight excluding hydrogens is 293 g/mol. The molecule has 5 nitrogen and oxygen atoms in total. The lowest BCUT2D eigenvalue weighted by Crippen LogP contribution is -2.33. The van der Waals surface area contributed by atoms with Crippen molar-refractivity contribution in [2.45, 2.75) is 38.8 Å². The monoisotopic (exact) mass is 313 g/mol. The number of fused-ring (bicyclic) bond motifs is 1. The third-order valence-electron chi connectivity index (χ3n) is 4.68. The van der Waals surface area contributed by atoms with Gasteiger partial charge in [-0.2, -0.15) is 0 Å². The fraction of sp³-hybridized carbons (Fsp3) is 0.412. The van der Waals surface area contributed by atoms with E-state index in [1.807, 2.05) is 6.92 Å². The molecule has 1 saturated heterocycles. The largest absolute Gasteiger partial charge is 0.348 e. The number of halogens is 1. The quantitative estimate of drug-likeness (QED) is 0.778. The van der Waals surface area contributed by atoms with Crippen molar-refractivity contribution in [2.24, 2.45) is 0 Å². The molecule has 2 N–H and O–H groups in total. The molecule has 0 spiro atoms. The number of nitrogens with zero attached hydrogens (tertiary/aromatic N) is 3. The lowest BCUT2D eigenvalue weighted by molar-refractivity contribution is 0.133. The van der Waals surface area contributed by atoms with Crippen molar-refractivity contribution in [3.8, 4) is 0 Å². The van der Waals surface area contributed by atoms with E-state index in [4.69, 9.17) is 0 Å². The van der Waals surface area contributed by atoms with E-state index in [2.05, 4.69) is 24.8 Å². The molecule has 0 saturated carbocycles. The molecule has 1 atom stereocenters. The van der Waals surface area contributed by atoms with Gasteiger partial charge in [-0.3, -0.25) is 4.90 Å². The number of nitrogens with one attached hydrogen (secondary N) is 2. The number of aromatic nitrogens is 4. The maximum Gasteiger partial charge on any atom is 0.125 e. The molecule has 3 aromatic rings. The van der Waals surface area contributed by atoms with E-state index >= 15 is 0 Å². The minimum absolute atomic E-state index is 0.232. The summed E-state index contributed by atoms with van der Waals surface area (Å²) in [4.78, 5) is 18.0. The molecule has 120 valence electrons. The first kappa shape index (κ1) is 14.4. The summed E-state index contributed by atoms with van der Waals surface area (Å²) in [6.07, 6.45) is 5.18. The average molecular weight is 313 g/mol. The summed E-state index contributed by atoms with van der Waals surface area (Å²) in [6, 6.07) is 4.93. The topological polar surface area (TPSA) is 60.6 Å². The molecule has 3 heterocycles. The molecule has 4 rings (SSSR count). The molecule has 1 aliphatic rings. The lowest BCUT2D eigenvalue weighted by atomic mass is 10.0. The van der Waals surface area contributed by atoms with Crippen LogP contribution >= 0.6 is 0 Å². The molecule has 0 unspecified atom stereocenters. The number of rotatable bonds is 3. The zero-order chi connectivity index (χ0) is 15.8. The molecule has 23 heavy (non-hydrogen) atoms. The van der Waals surface area contributed by atoms with Gasteiger partial charge in [0.2, 0.25) is 0 Å². The number of piperidine rings is 1. The van der Waals surface area contributed by atoms with E-state index in [1.165, 1.54) is 25.0 Å². The number of hydrogen-bond donors (Lipinski definition) is 2. The van der Waals surface area contributed by atoms with Crippen molar-refractivity contribution < 1.29 is 4.39 Å². The Hall–Kier alpha value is -2.21. The number of hydrogen-bond acceptors (Lipinski definition) is 3. The first-order valence-electron chi connectivity index (χ1n) is 8.09. The average Bonchev–Trinajstić information content (AvgIpc) is 3.14. The fourth-order valence-corrected chi connectivity index (χ4v) is 3.39. The van der Waals surface area contributed by atoms with Crippen LogP contribution < -0.4 is 0 Å². The van der Waals surface area contributed by atoms with Crippen molar-refractivity contribution in [2.75, 3.05) is 6.54 Å². The van der Waals surface area contributed by atoms with Crippen LogP contribution in [0.2, 0.25) is 0 Å². The number of aromatic amines is 2. The van der Waals surface area contributed by atoms with Crippen LogP contribution in [0.1, 0.15) is 42.5 Å². The van der Waals surface area contributed by atoms with E-state index in [-0.39, 0.29) is 11.9 Å². The van der Waals surface area contributed by atoms with E-state index in [0.29, 0.717) is 0 Å². The summed E-state index contributed by atoms with van der Waals surface area (Å²) in [5.74, 6) is 0.693. The van der Waals surface area contributed by atoms with Gasteiger partial charge in [0.15, 0.2) is 0 Å². The minimum atomic E-state index is -0.236. The highest BCUT2D eigenvalue weighted by atomic mass is 19.1. The first-order valence-corrected chi connectivity index (χ1v) is 8.09. The van der Waals surface area contributed by atoms with Gasteiger partial charge in [0.25, 0.3) is 0 Å². The van der Waals surface area contributed by atoms with Gasteiger partial charge >= 0.3 is 0 Å². The van der Waals surface area contributed by atoms with Crippen molar-refractivity contribution in [3.63, 3.8) is 0 Å². The number of aryl methyl sites for hydroxylation is 1. The number of benzene rings is 1. The summed E-state index contributed by atoms with van der Waals surface area (Å²) in [7, 11) is 0. The SMILES string of the molecule is Cc1[nH]cnc1CN1CCCC[C@H]1c1nc2ccc(F)cc2[nH]1. The van der Waals surface area contributed by atoms with Gasteiger partial charge in [-0.05, 0) is 44.5 Å². The Bertz CT molecular complexity index is 821. The Morgan fingerprint density at radius 2 is 2.26 bits per heavy atom. The van der Waals surface area contributed by atoms with Crippen LogP contribution in [-0.4, -0.2) is 31.4 Å². The zero-order valence-corrected chi connectivity index (χ0v) is 13.1. The van der Waals surface area contributed by atoms with Gasteiger partial charge < -0.3 is 9.97 Å². The standard InChI is InChI=1S/C17H20FN5/c1-11-15(20-10-19-11)9-23-7-3-2-4-16(23)17-21-13-6-5-12(18)8-14(13)22-17/h5-6,8,10,16H,2-4,7,9H2,1H3,(H,19,20)(H,21,22)/t16-/m0/s1. The highest BCUT2D eigenvalue weighted by Gasteiger charge is 2.27. The second kappa shape index (κ2) is 5.77. The highest BCUT2D eigenvalue weighted by Crippen LogP contribution is 2.31. The van der Waals surface area contributed by atoms with E-state index in [1.54, 1.807) is 12.4 Å². The zero-order valence-electron chi connectivity index (χ0n) is 13.1. The third kappa shape index (κ3) is 2.74. The van der Waals surface area contributed by atoms with Crippen LogP contribution in [0.25, 0.3) is 11.0 Å². The van der Waals surface area contributed by atoms with Crippen LogP contribution in [0.4, 0.5) is 4.39 Å². The third-order valence-corrected chi connectivity index (χ3v) is 4.68. The summed E-state index contributed by atoms with van der Waals surface area (Å²) in [6.45, 7) is 3.89. The Morgan fingerprint density at radius 1 is 1.35 bits per heavy atom. The Kier molecular flexibility index (Phi) is 3.61. The van der Waals surface area contributed by atoms with Crippen molar-refractivity contribution >= 4 is 11.0 Å². The van der Waals surface area contributed by atoms with Gasteiger partial charge in [-0.25, -0.2) is 14.4 Å². The molecule has 0 bridgehead atoms. The highest BCUT2D eigenvalue weighted by molar-refractivity contribution is 5.75. The molecule has 0 radical (unpaired) electrons. The van der Waals surface area contributed by atoms with E-state index in [9.17, 15) is 4.39 Å². The molecule has 1 aliphatic heterocycles. The molecule has 1 aromatic carbocycles. The molecule has 0 aliphatic carbocycles. The Balaban J connectivity index is 1.64. The molecule has 6 heteroatoms. The molecular formula is C17H20FN5. The van der Waals surface area contributed by atoms with Crippen molar-refractivity contribution in [1.29, 1.82) is 0 Å². The predicted octanol–water partition coefficient (Wildman–Crippen LogP) is 3.46. The summed E-state index contributed by atoms with van der Waals surface area (Å²) < 4.78 is 13.4. The second-order valence-electron chi connectivity index (χ2n) is 6.24. The maximum absolute atomic E-state index is 13.4. The van der Waals surface area contributed by atoms with Crippen LogP contribution in [0.5, 0.6) is 0 Å². The summed E-state index contributed by atoms with van der Waals surface area (Å²) in [5.41, 5.74) is 3.78. The number of H-pyrrole nitrogens is 2. The van der Waals surface area contributed by atoms with Gasteiger partial charge in [-0.1, -0.05) is 6.42 Å². The van der Waals surface area contributed by atoms with Gasteiger partial charge in [0, 0.05) is 12.2 Å². The van der Waals surface area contributed by atoms with Gasteiger partial charge in [-0.15, -0.1) is 0 Å². The van der Waals surface area contributed by atoms with Crippen molar-refractivity contribution in [1.82, 2.24) is 24.8 Å². The van der Waals surface area contributed by atoms with Gasteiger partial charge in [0.05, 0.1) is 29.1 Å². The smallest absolute Gasteiger partial charge is 0.125 e. The van der Waals surface area contributed by atoms with Crippen LogP contribution in [0.3, 0.4) is 0 Å². The molecule has 1 fully saturated rings. The predicted molar refractivity (Wildman–Crippen MR) is 86.4 cm³/mol. The molecule has 2 aromatic heterocycles. The number of likely N-dealkylation sites (tertiary alicyclic amines) is 1. The van der Waals surface area contributed by atoms with E-state index < -0.39 is 0 Å². The maximum atomic E-state index is 13.4. The normalized spacial score (nSPS) is 19.5. The lowest BCUT2D eigenvalue weighted by Gasteiger charge is -2.34. The van der Waals surface area contributed by atoms with Crippen LogP contribution in [0, 0.1) is 12.7 Å². The minimum Gasteiger partial charge on any atom is -0.348 e. The second-order valence-corrected chi connectivity index (χ2v) is 6.24. The Labute approximate surface area is 134 Å². The van der Waals surface area contributed by atoms with E-state index in [0.717, 1.165) is 47.8 Å². The van der Waals surface area contributed by atoms with Crippen molar-refractivity contribution in [3.05, 3.63) is 47.6 Å². The Morgan fingerprint density at radius 3 is 3.09 bits per heavy atom. The van der Waals surface area contributed by atoms with Crippen LogP contribution in [-0.2, 0) is 6.54 Å².